The van der Waals surface area contributed by atoms with Gasteiger partial charge < -0.3 is 23.9 Å². The zero-order valence-corrected chi connectivity index (χ0v) is 20.6. The normalized spacial score (nSPS) is 14.8. The molecule has 5 rings (SSSR count). The molecule has 6 nitrogen and oxygen atoms in total. The summed E-state index contributed by atoms with van der Waals surface area (Å²) in [6.07, 6.45) is 2.78. The molecule has 186 valence electrons. The largest absolute Gasteiger partial charge is 0.493 e. The summed E-state index contributed by atoms with van der Waals surface area (Å²) in [5.74, 6) is 2.16. The molecule has 0 aliphatic carbocycles. The van der Waals surface area contributed by atoms with Gasteiger partial charge >= 0.3 is 5.63 Å². The number of halogens is 1. The summed E-state index contributed by atoms with van der Waals surface area (Å²) in [5.41, 5.74) is 2.37. The summed E-state index contributed by atoms with van der Waals surface area (Å²) in [4.78, 5) is 11.4. The van der Waals surface area contributed by atoms with Gasteiger partial charge in [0.05, 0.1) is 11.6 Å². The summed E-state index contributed by atoms with van der Waals surface area (Å²) in [5, 5.41) is 4.94. The number of hydrogen-bond donors (Lipinski definition) is 1. The lowest BCUT2D eigenvalue weighted by Crippen LogP contribution is -2.35. The maximum atomic E-state index is 11.4. The molecule has 1 aromatic heterocycles. The zero-order chi connectivity index (χ0) is 24.7. The van der Waals surface area contributed by atoms with Gasteiger partial charge in [-0.25, -0.2) is 4.79 Å². The van der Waals surface area contributed by atoms with Gasteiger partial charge in [-0.15, -0.1) is 0 Å². The molecule has 0 amide bonds. The molecular formula is C29H28ClNO5. The quantitative estimate of drug-likeness (QED) is 0.218. The number of rotatable bonds is 10. The first kappa shape index (κ1) is 24.2. The van der Waals surface area contributed by atoms with E-state index in [0.717, 1.165) is 54.6 Å². The van der Waals surface area contributed by atoms with Crippen molar-refractivity contribution in [3.8, 4) is 17.2 Å². The van der Waals surface area contributed by atoms with E-state index in [0.29, 0.717) is 35.3 Å². The highest BCUT2D eigenvalue weighted by Crippen LogP contribution is 2.37. The van der Waals surface area contributed by atoms with E-state index >= 15 is 0 Å². The third-order valence-corrected chi connectivity index (χ3v) is 6.41. The van der Waals surface area contributed by atoms with E-state index in [1.54, 1.807) is 12.1 Å². The maximum Gasteiger partial charge on any atom is 0.336 e. The van der Waals surface area contributed by atoms with E-state index in [-0.39, 0.29) is 11.7 Å². The van der Waals surface area contributed by atoms with Gasteiger partial charge in [-0.3, -0.25) is 0 Å². The number of aryl methyl sites for hydroxylation is 1. The van der Waals surface area contributed by atoms with Crippen LogP contribution >= 0.6 is 11.6 Å². The van der Waals surface area contributed by atoms with Crippen LogP contribution in [0.1, 0.15) is 24.0 Å². The fourth-order valence-corrected chi connectivity index (χ4v) is 4.45. The standard InChI is InChI=1S/C29H28ClNO5/c30-25-15-22-8-11-24(35-27(22)17-28(25)34-19-20-5-2-1-3-6-20)18-31-13-4-14-33-23-10-7-21-9-12-29(32)36-26(21)16-23/h1-3,5-7,9-10,12,15-17,24,31H,4,8,11,13-14,18-19H2. The molecule has 0 fully saturated rings. The van der Waals surface area contributed by atoms with Crippen LogP contribution in [0.5, 0.6) is 17.2 Å². The van der Waals surface area contributed by atoms with Crippen LogP contribution in [-0.2, 0) is 13.0 Å². The molecule has 0 bridgehead atoms. The van der Waals surface area contributed by atoms with Crippen molar-refractivity contribution in [2.24, 2.45) is 0 Å². The van der Waals surface area contributed by atoms with Crippen molar-refractivity contribution in [1.82, 2.24) is 5.32 Å². The second-order valence-corrected chi connectivity index (χ2v) is 9.21. The van der Waals surface area contributed by atoms with E-state index in [9.17, 15) is 4.79 Å². The van der Waals surface area contributed by atoms with Gasteiger partial charge in [0.15, 0.2) is 0 Å². The summed E-state index contributed by atoms with van der Waals surface area (Å²) in [6, 6.07) is 22.6. The van der Waals surface area contributed by atoms with Gasteiger partial charge in [-0.1, -0.05) is 41.9 Å². The molecule has 1 aliphatic heterocycles. The van der Waals surface area contributed by atoms with Crippen molar-refractivity contribution in [2.45, 2.75) is 32.0 Å². The Morgan fingerprint density at radius 2 is 1.86 bits per heavy atom. The minimum Gasteiger partial charge on any atom is -0.493 e. The van der Waals surface area contributed by atoms with Gasteiger partial charge in [0.25, 0.3) is 0 Å². The average molecular weight is 506 g/mol. The van der Waals surface area contributed by atoms with Crippen LogP contribution in [0.15, 0.2) is 82.0 Å². The van der Waals surface area contributed by atoms with Crippen LogP contribution in [0, 0.1) is 0 Å². The SMILES string of the molecule is O=c1ccc2ccc(OCCCNCC3CCc4cc(Cl)c(OCc5ccccc5)cc4O3)cc2o1. The highest BCUT2D eigenvalue weighted by atomic mass is 35.5. The molecule has 1 aliphatic rings. The molecule has 1 unspecified atom stereocenters. The Labute approximate surface area is 214 Å². The van der Waals surface area contributed by atoms with Crippen LogP contribution in [0.25, 0.3) is 11.0 Å². The zero-order valence-electron chi connectivity index (χ0n) is 19.9. The first-order valence-corrected chi connectivity index (χ1v) is 12.5. The Morgan fingerprint density at radius 1 is 1.00 bits per heavy atom. The van der Waals surface area contributed by atoms with Gasteiger partial charge in [-0.05, 0) is 61.2 Å². The molecule has 0 saturated carbocycles. The lowest BCUT2D eigenvalue weighted by Gasteiger charge is -2.27. The maximum absolute atomic E-state index is 11.4. The third kappa shape index (κ3) is 6.20. The minimum atomic E-state index is -0.365. The van der Waals surface area contributed by atoms with Gasteiger partial charge in [0.1, 0.15) is 35.5 Å². The van der Waals surface area contributed by atoms with Crippen molar-refractivity contribution in [3.63, 3.8) is 0 Å². The molecule has 36 heavy (non-hydrogen) atoms. The molecule has 4 aromatic rings. The third-order valence-electron chi connectivity index (χ3n) is 6.11. The molecule has 3 aromatic carbocycles. The van der Waals surface area contributed by atoms with Crippen molar-refractivity contribution in [1.29, 1.82) is 0 Å². The van der Waals surface area contributed by atoms with Crippen LogP contribution < -0.4 is 25.2 Å². The Morgan fingerprint density at radius 3 is 2.75 bits per heavy atom. The van der Waals surface area contributed by atoms with Crippen LogP contribution in [-0.4, -0.2) is 25.8 Å². The number of fused-ring (bicyclic) bond motifs is 2. The monoisotopic (exact) mass is 505 g/mol. The van der Waals surface area contributed by atoms with Gasteiger partial charge in [0, 0.05) is 30.1 Å². The lowest BCUT2D eigenvalue weighted by molar-refractivity contribution is 0.168. The van der Waals surface area contributed by atoms with Crippen LogP contribution in [0.2, 0.25) is 5.02 Å². The average Bonchev–Trinajstić information content (AvgIpc) is 2.90. The van der Waals surface area contributed by atoms with Crippen molar-refractivity contribution >= 4 is 22.6 Å². The highest BCUT2D eigenvalue weighted by Gasteiger charge is 2.21. The van der Waals surface area contributed by atoms with E-state index < -0.39 is 0 Å². The number of benzene rings is 3. The summed E-state index contributed by atoms with van der Waals surface area (Å²) >= 11 is 6.45. The van der Waals surface area contributed by atoms with E-state index in [1.165, 1.54) is 6.07 Å². The number of ether oxygens (including phenoxy) is 3. The summed E-state index contributed by atoms with van der Waals surface area (Å²) in [6.45, 7) is 2.58. The van der Waals surface area contributed by atoms with Crippen LogP contribution in [0.3, 0.4) is 0 Å². The molecule has 1 atom stereocenters. The predicted molar refractivity (Wildman–Crippen MR) is 140 cm³/mol. The van der Waals surface area contributed by atoms with E-state index in [2.05, 4.69) is 5.32 Å². The van der Waals surface area contributed by atoms with Crippen LogP contribution in [0.4, 0.5) is 0 Å². The van der Waals surface area contributed by atoms with E-state index in [1.807, 2.05) is 54.6 Å². The first-order valence-electron chi connectivity index (χ1n) is 12.2. The van der Waals surface area contributed by atoms with E-state index in [4.69, 9.17) is 30.2 Å². The molecule has 0 radical (unpaired) electrons. The van der Waals surface area contributed by atoms with Gasteiger partial charge in [-0.2, -0.15) is 0 Å². The lowest BCUT2D eigenvalue weighted by atomic mass is 10.0. The second-order valence-electron chi connectivity index (χ2n) is 8.80. The van der Waals surface area contributed by atoms with Crippen molar-refractivity contribution in [3.05, 3.63) is 99.4 Å². The molecular weight excluding hydrogens is 478 g/mol. The Hall–Kier alpha value is -3.48. The second kappa shape index (κ2) is 11.5. The minimum absolute atomic E-state index is 0.0879. The molecule has 7 heteroatoms. The van der Waals surface area contributed by atoms with Gasteiger partial charge in [0.2, 0.25) is 0 Å². The Balaban J connectivity index is 1.06. The fourth-order valence-electron chi connectivity index (χ4n) is 4.21. The number of nitrogens with one attached hydrogen (secondary N) is 1. The molecule has 0 spiro atoms. The first-order chi connectivity index (χ1) is 17.6. The molecule has 2 heterocycles. The van der Waals surface area contributed by atoms with Crippen molar-refractivity contribution < 1.29 is 18.6 Å². The Bertz CT molecular complexity index is 1370. The molecule has 0 saturated heterocycles. The fraction of sp³-hybridized carbons (Fsp3) is 0.276. The summed E-state index contributed by atoms with van der Waals surface area (Å²) in [7, 11) is 0. The smallest absolute Gasteiger partial charge is 0.336 e. The molecule has 1 N–H and O–H groups in total. The predicted octanol–water partition coefficient (Wildman–Crippen LogP) is 5.78. The Kier molecular flexibility index (Phi) is 7.74. The highest BCUT2D eigenvalue weighted by molar-refractivity contribution is 6.32. The summed E-state index contributed by atoms with van der Waals surface area (Å²) < 4.78 is 23.2. The van der Waals surface area contributed by atoms with Crippen molar-refractivity contribution in [2.75, 3.05) is 19.7 Å². The number of hydrogen-bond acceptors (Lipinski definition) is 6. The topological polar surface area (TPSA) is 69.9 Å².